The van der Waals surface area contributed by atoms with Crippen LogP contribution in [0.2, 0.25) is 0 Å². The molecule has 0 fully saturated rings. The van der Waals surface area contributed by atoms with E-state index in [2.05, 4.69) is 14.3 Å². The largest absolute Gasteiger partial charge is 0.270 e. The monoisotopic (exact) mass is 298 g/mol. The van der Waals surface area contributed by atoms with Gasteiger partial charge in [-0.2, -0.15) is 16.8 Å². The molecule has 0 aromatic rings. The lowest BCUT2D eigenvalue weighted by molar-refractivity contribution is 0.310. The molecular formula is C10H18O6S2. The Hall–Kier alpha value is -0.620. The van der Waals surface area contributed by atoms with E-state index in [1.807, 2.05) is 0 Å². The minimum absolute atomic E-state index is 0.0817. The lowest BCUT2D eigenvalue weighted by Gasteiger charge is -2.03. The Morgan fingerprint density at radius 2 is 1.61 bits per heavy atom. The summed E-state index contributed by atoms with van der Waals surface area (Å²) in [6.45, 7) is -0.121. The van der Waals surface area contributed by atoms with E-state index in [9.17, 15) is 16.8 Å². The highest BCUT2D eigenvalue weighted by atomic mass is 32.2. The van der Waals surface area contributed by atoms with Crippen LogP contribution in [0.5, 0.6) is 0 Å². The fourth-order valence-corrected chi connectivity index (χ4v) is 2.47. The molecule has 0 N–H and O–H groups in total. The molecule has 0 aromatic carbocycles. The van der Waals surface area contributed by atoms with Crippen molar-refractivity contribution in [2.24, 2.45) is 0 Å². The number of hydrogen-bond donors (Lipinski definition) is 0. The van der Waals surface area contributed by atoms with Crippen LogP contribution in [0.1, 0.15) is 25.7 Å². The second kappa shape index (κ2) is 8.48. The van der Waals surface area contributed by atoms with Gasteiger partial charge in [-0.3, -0.25) is 8.37 Å². The van der Waals surface area contributed by atoms with Crippen LogP contribution in [0.4, 0.5) is 0 Å². The SMILES string of the molecule is C#CCOS(=O)(=O)CCCCCCOS(C)(=O)=O. The zero-order chi connectivity index (χ0) is 14.1. The maximum Gasteiger partial charge on any atom is 0.268 e. The van der Waals surface area contributed by atoms with Crippen molar-refractivity contribution < 1.29 is 25.2 Å². The van der Waals surface area contributed by atoms with E-state index in [0.29, 0.717) is 25.7 Å². The van der Waals surface area contributed by atoms with E-state index in [4.69, 9.17) is 6.42 Å². The Bertz CT molecular complexity index is 457. The number of terminal acetylenes is 1. The van der Waals surface area contributed by atoms with E-state index < -0.39 is 20.2 Å². The molecule has 0 aromatic heterocycles. The fraction of sp³-hybridized carbons (Fsp3) is 0.800. The molecule has 0 aliphatic carbocycles. The maximum atomic E-state index is 11.2. The topological polar surface area (TPSA) is 86.7 Å². The second-order valence-electron chi connectivity index (χ2n) is 3.67. The predicted molar refractivity (Wildman–Crippen MR) is 67.8 cm³/mol. The fourth-order valence-electron chi connectivity index (χ4n) is 1.13. The Kier molecular flexibility index (Phi) is 8.18. The lowest BCUT2D eigenvalue weighted by Crippen LogP contribution is -2.11. The van der Waals surface area contributed by atoms with Crippen molar-refractivity contribution in [3.05, 3.63) is 0 Å². The van der Waals surface area contributed by atoms with Gasteiger partial charge >= 0.3 is 0 Å². The van der Waals surface area contributed by atoms with Crippen molar-refractivity contribution >= 4 is 20.2 Å². The summed E-state index contributed by atoms with van der Waals surface area (Å²) in [6, 6.07) is 0. The Labute approximate surface area is 109 Å². The molecule has 0 saturated heterocycles. The molecule has 6 nitrogen and oxygen atoms in total. The first kappa shape index (κ1) is 17.4. The van der Waals surface area contributed by atoms with E-state index in [1.165, 1.54) is 0 Å². The van der Waals surface area contributed by atoms with E-state index in [1.54, 1.807) is 0 Å². The molecule has 0 atom stereocenters. The number of rotatable bonds is 10. The number of hydrogen-bond acceptors (Lipinski definition) is 6. The molecule has 0 saturated carbocycles. The van der Waals surface area contributed by atoms with Crippen molar-refractivity contribution in [3.63, 3.8) is 0 Å². The molecule has 0 radical (unpaired) electrons. The Morgan fingerprint density at radius 3 is 2.17 bits per heavy atom. The van der Waals surface area contributed by atoms with Gasteiger partial charge in [0.05, 0.1) is 18.6 Å². The molecule has 18 heavy (non-hydrogen) atoms. The number of unbranched alkanes of at least 4 members (excludes halogenated alkanes) is 3. The van der Waals surface area contributed by atoms with Crippen molar-refractivity contribution in [1.29, 1.82) is 0 Å². The van der Waals surface area contributed by atoms with Crippen molar-refractivity contribution in [1.82, 2.24) is 0 Å². The third-order valence-corrected chi connectivity index (χ3v) is 3.77. The van der Waals surface area contributed by atoms with E-state index in [0.717, 1.165) is 6.26 Å². The van der Waals surface area contributed by atoms with Gasteiger partial charge in [0, 0.05) is 0 Å². The van der Waals surface area contributed by atoms with Crippen LogP contribution in [0.3, 0.4) is 0 Å². The van der Waals surface area contributed by atoms with Gasteiger partial charge in [-0.1, -0.05) is 18.8 Å². The normalized spacial score (nSPS) is 12.2. The first-order chi connectivity index (χ1) is 8.27. The van der Waals surface area contributed by atoms with Crippen molar-refractivity contribution in [2.75, 3.05) is 25.2 Å². The summed E-state index contributed by atoms with van der Waals surface area (Å²) in [5.74, 6) is 2.00. The van der Waals surface area contributed by atoms with Crippen LogP contribution in [-0.2, 0) is 28.6 Å². The third-order valence-electron chi connectivity index (χ3n) is 1.91. The molecule has 106 valence electrons. The maximum absolute atomic E-state index is 11.2. The molecule has 0 aliphatic heterocycles. The lowest BCUT2D eigenvalue weighted by atomic mass is 10.2. The quantitative estimate of drug-likeness (QED) is 0.332. The molecule has 0 bridgehead atoms. The first-order valence-corrected chi connectivity index (χ1v) is 8.81. The van der Waals surface area contributed by atoms with Gasteiger partial charge in [0.1, 0.15) is 6.61 Å². The van der Waals surface area contributed by atoms with Crippen LogP contribution >= 0.6 is 0 Å². The highest BCUT2D eigenvalue weighted by Crippen LogP contribution is 2.05. The van der Waals surface area contributed by atoms with Gasteiger partial charge in [0.2, 0.25) is 0 Å². The smallest absolute Gasteiger partial charge is 0.268 e. The standard InChI is InChI=1S/C10H18O6S2/c1-3-8-16-18(13,14)10-7-5-4-6-9-15-17(2,11)12/h1H,4-10H2,2H3. The molecule has 0 amide bonds. The van der Waals surface area contributed by atoms with Gasteiger partial charge in [-0.15, -0.1) is 6.42 Å². The predicted octanol–water partition coefficient (Wildman–Crippen LogP) is 0.503. The van der Waals surface area contributed by atoms with Crippen molar-refractivity contribution in [3.8, 4) is 12.3 Å². The Balaban J connectivity index is 3.55. The van der Waals surface area contributed by atoms with Crippen LogP contribution in [0.15, 0.2) is 0 Å². The molecular weight excluding hydrogens is 280 g/mol. The summed E-state index contributed by atoms with van der Waals surface area (Å²) in [4.78, 5) is 0. The first-order valence-electron chi connectivity index (χ1n) is 5.42. The molecule has 0 spiro atoms. The van der Waals surface area contributed by atoms with Gasteiger partial charge in [0.25, 0.3) is 20.2 Å². The minimum atomic E-state index is -3.53. The van der Waals surface area contributed by atoms with E-state index >= 15 is 0 Å². The zero-order valence-corrected chi connectivity index (χ0v) is 11.9. The molecule has 8 heteroatoms. The summed E-state index contributed by atoms with van der Waals surface area (Å²) in [6.07, 6.45) is 8.24. The summed E-state index contributed by atoms with van der Waals surface area (Å²) >= 11 is 0. The molecule has 0 aliphatic rings. The summed E-state index contributed by atoms with van der Waals surface area (Å²) in [5, 5.41) is 0. The second-order valence-corrected chi connectivity index (χ2v) is 7.07. The van der Waals surface area contributed by atoms with Gasteiger partial charge in [-0.25, -0.2) is 0 Å². The summed E-state index contributed by atoms with van der Waals surface area (Å²) < 4.78 is 52.6. The van der Waals surface area contributed by atoms with Crippen LogP contribution < -0.4 is 0 Å². The highest BCUT2D eigenvalue weighted by Gasteiger charge is 2.09. The molecule has 0 heterocycles. The average Bonchev–Trinajstić information content (AvgIpc) is 2.23. The Morgan fingerprint density at radius 1 is 1.00 bits per heavy atom. The summed E-state index contributed by atoms with van der Waals surface area (Å²) in [7, 11) is -6.91. The van der Waals surface area contributed by atoms with Crippen LogP contribution in [0, 0.1) is 12.3 Å². The van der Waals surface area contributed by atoms with E-state index in [-0.39, 0.29) is 19.0 Å². The minimum Gasteiger partial charge on any atom is -0.270 e. The van der Waals surface area contributed by atoms with Crippen LogP contribution in [-0.4, -0.2) is 42.1 Å². The van der Waals surface area contributed by atoms with Gasteiger partial charge < -0.3 is 0 Å². The van der Waals surface area contributed by atoms with Gasteiger partial charge in [0.15, 0.2) is 0 Å². The zero-order valence-electron chi connectivity index (χ0n) is 10.3. The van der Waals surface area contributed by atoms with Crippen molar-refractivity contribution in [2.45, 2.75) is 25.7 Å². The van der Waals surface area contributed by atoms with Crippen LogP contribution in [0.25, 0.3) is 0 Å². The average molecular weight is 298 g/mol. The molecule has 0 rings (SSSR count). The van der Waals surface area contributed by atoms with Gasteiger partial charge in [-0.05, 0) is 12.8 Å². The molecule has 0 unspecified atom stereocenters. The summed E-state index contributed by atoms with van der Waals surface area (Å²) in [5.41, 5.74) is 0. The highest BCUT2D eigenvalue weighted by molar-refractivity contribution is 7.86. The third kappa shape index (κ3) is 11.9.